The Morgan fingerprint density at radius 2 is 0.500 bits per heavy atom. The van der Waals surface area contributed by atoms with Crippen molar-refractivity contribution in [3.8, 4) is 0 Å². The van der Waals surface area contributed by atoms with Gasteiger partial charge in [-0.2, -0.15) is 0 Å². The summed E-state index contributed by atoms with van der Waals surface area (Å²) in [6.45, 7) is 6.51. The zero-order valence-electron chi connectivity index (χ0n) is 51.9. The Balaban J connectivity index is 4.25. The third-order valence-corrected chi connectivity index (χ3v) is 15.0. The van der Waals surface area contributed by atoms with Gasteiger partial charge in [0, 0.05) is 19.3 Å². The average Bonchev–Trinajstić information content (AvgIpc) is 3.44. The molecule has 6 heteroatoms. The van der Waals surface area contributed by atoms with E-state index < -0.39 is 6.10 Å². The number of carbonyl (C=O) groups excluding carboxylic acids is 3. The highest BCUT2D eigenvalue weighted by atomic mass is 16.6. The number of hydrogen-bond acceptors (Lipinski definition) is 6. The molecule has 0 heterocycles. The van der Waals surface area contributed by atoms with Gasteiger partial charge in [-0.3, -0.25) is 14.4 Å². The van der Waals surface area contributed by atoms with Gasteiger partial charge in [-0.25, -0.2) is 0 Å². The fourth-order valence-corrected chi connectivity index (χ4v) is 9.94. The van der Waals surface area contributed by atoms with Crippen LogP contribution in [-0.4, -0.2) is 37.2 Å². The number of rotatable bonds is 62. The number of ether oxygens (including phenoxy) is 3. The molecule has 1 unspecified atom stereocenters. The average molecular weight is 1090 g/mol. The van der Waals surface area contributed by atoms with Crippen LogP contribution in [0.5, 0.6) is 0 Å². The molecule has 0 radical (unpaired) electrons. The third-order valence-electron chi connectivity index (χ3n) is 15.0. The molecule has 0 amide bonds. The first kappa shape index (κ1) is 74.8. The quantitative estimate of drug-likeness (QED) is 0.0261. The van der Waals surface area contributed by atoms with E-state index in [1.165, 1.54) is 225 Å². The molecule has 0 aliphatic carbocycles. The summed E-state index contributed by atoms with van der Waals surface area (Å²) in [5.74, 6) is -0.969. The van der Waals surface area contributed by atoms with Crippen molar-refractivity contribution in [2.24, 2.45) is 0 Å². The van der Waals surface area contributed by atoms with Gasteiger partial charge in [-0.1, -0.05) is 344 Å². The lowest BCUT2D eigenvalue weighted by atomic mass is 10.0. The first-order chi connectivity index (χ1) is 38.5. The second-order valence-electron chi connectivity index (χ2n) is 22.7. The van der Waals surface area contributed by atoms with Crippen LogP contribution in [-0.2, 0) is 28.6 Å². The van der Waals surface area contributed by atoms with Gasteiger partial charge in [0.25, 0.3) is 0 Å². The molecule has 0 spiro atoms. The molecule has 0 saturated heterocycles. The molecule has 0 rings (SSSR count). The number of hydrogen-bond donors (Lipinski definition) is 0. The normalized spacial score (nSPS) is 12.5. The van der Waals surface area contributed by atoms with E-state index in [1.807, 2.05) is 6.08 Å². The van der Waals surface area contributed by atoms with Crippen LogP contribution in [0.1, 0.15) is 348 Å². The zero-order chi connectivity index (χ0) is 56.4. The van der Waals surface area contributed by atoms with Gasteiger partial charge < -0.3 is 14.2 Å². The standard InChI is InChI=1S/C72H128O6/c1-4-7-10-13-16-19-22-25-27-29-31-32-33-34-35-36-37-38-39-40-42-43-45-47-50-53-56-59-62-65-71(74)77-68-69(67-76-70(73)64-61-58-55-52-49-24-21-18-15-12-9-6-3)78-72(75)66-63-60-57-54-51-48-46-44-41-30-28-26-23-20-17-14-11-8-5-2/h8,11,17,20,26,28,41,44,48,51,57,60,69H,4-7,9-10,12-16,18-19,21-25,27,29-40,42-43,45-47,49-50,52-56,58-59,61-68H2,1-3H3/b11-8-,20-17-,28-26-,44-41-,51-48-,60-57-. The number of carbonyl (C=O) groups is 3. The minimum absolute atomic E-state index is 0.101. The van der Waals surface area contributed by atoms with Gasteiger partial charge in [-0.05, 0) is 57.8 Å². The van der Waals surface area contributed by atoms with Crippen molar-refractivity contribution in [2.45, 2.75) is 354 Å². The molecule has 0 aromatic carbocycles. The lowest BCUT2D eigenvalue weighted by molar-refractivity contribution is -0.166. The smallest absolute Gasteiger partial charge is 0.306 e. The first-order valence-electron chi connectivity index (χ1n) is 33.9. The topological polar surface area (TPSA) is 78.9 Å². The molecule has 0 aliphatic heterocycles. The fourth-order valence-electron chi connectivity index (χ4n) is 9.94. The highest BCUT2D eigenvalue weighted by Gasteiger charge is 2.19. The molecule has 0 aromatic heterocycles. The second-order valence-corrected chi connectivity index (χ2v) is 22.7. The highest BCUT2D eigenvalue weighted by molar-refractivity contribution is 5.71. The van der Waals surface area contributed by atoms with Crippen LogP contribution in [0.4, 0.5) is 0 Å². The maximum Gasteiger partial charge on any atom is 0.306 e. The second kappa shape index (κ2) is 66.4. The van der Waals surface area contributed by atoms with Crippen molar-refractivity contribution in [3.63, 3.8) is 0 Å². The largest absolute Gasteiger partial charge is 0.462 e. The van der Waals surface area contributed by atoms with Crippen molar-refractivity contribution in [1.82, 2.24) is 0 Å². The lowest BCUT2D eigenvalue weighted by Crippen LogP contribution is -2.30. The Bertz CT molecular complexity index is 1440. The van der Waals surface area contributed by atoms with E-state index in [2.05, 4.69) is 87.6 Å². The molecule has 0 fully saturated rings. The summed E-state index contributed by atoms with van der Waals surface area (Å²) in [6, 6.07) is 0. The van der Waals surface area contributed by atoms with E-state index in [1.54, 1.807) is 0 Å². The number of allylic oxidation sites excluding steroid dienone is 12. The predicted molar refractivity (Wildman–Crippen MR) is 339 cm³/mol. The predicted octanol–water partition coefficient (Wildman–Crippen LogP) is 23.3. The lowest BCUT2D eigenvalue weighted by Gasteiger charge is -2.18. The molecular formula is C72H128O6. The van der Waals surface area contributed by atoms with Crippen molar-refractivity contribution in [2.75, 3.05) is 13.2 Å². The number of esters is 3. The SMILES string of the molecule is CC/C=C\C/C=C\C/C=C\C/C=C\C/C=C\C/C=C\CCC(=O)OC(COC(=O)CCCCCCCCCCCCCC)COC(=O)CCCCCCCCCCCCCCCCCCCCCCCCCCCCCCC. The molecule has 0 aromatic rings. The Hall–Kier alpha value is -3.15. The summed E-state index contributed by atoms with van der Waals surface area (Å²) in [5.41, 5.74) is 0. The minimum atomic E-state index is -0.814. The summed E-state index contributed by atoms with van der Waals surface area (Å²) in [5, 5.41) is 0. The number of unbranched alkanes of at least 4 members (excludes halogenated alkanes) is 39. The molecule has 0 saturated carbocycles. The van der Waals surface area contributed by atoms with Crippen molar-refractivity contribution in [3.05, 3.63) is 72.9 Å². The molecule has 1 atom stereocenters. The van der Waals surface area contributed by atoms with Crippen LogP contribution < -0.4 is 0 Å². The van der Waals surface area contributed by atoms with E-state index >= 15 is 0 Å². The summed E-state index contributed by atoms with van der Waals surface area (Å²) in [4.78, 5) is 38.3. The van der Waals surface area contributed by atoms with Crippen molar-refractivity contribution < 1.29 is 28.6 Å². The van der Waals surface area contributed by atoms with E-state index in [0.29, 0.717) is 19.3 Å². The minimum Gasteiger partial charge on any atom is -0.462 e. The van der Waals surface area contributed by atoms with Gasteiger partial charge in [-0.15, -0.1) is 0 Å². The summed E-state index contributed by atoms with van der Waals surface area (Å²) >= 11 is 0. The van der Waals surface area contributed by atoms with Crippen molar-refractivity contribution in [1.29, 1.82) is 0 Å². The van der Waals surface area contributed by atoms with Gasteiger partial charge in [0.15, 0.2) is 6.10 Å². The Labute approximate surface area is 484 Å². The summed E-state index contributed by atoms with van der Waals surface area (Å²) in [6.07, 6.45) is 86.7. The molecule has 6 nitrogen and oxygen atoms in total. The van der Waals surface area contributed by atoms with Crippen LogP contribution >= 0.6 is 0 Å². The van der Waals surface area contributed by atoms with E-state index in [0.717, 1.165) is 77.0 Å². The zero-order valence-corrected chi connectivity index (χ0v) is 51.9. The van der Waals surface area contributed by atoms with E-state index in [4.69, 9.17) is 14.2 Å². The first-order valence-corrected chi connectivity index (χ1v) is 33.9. The highest BCUT2D eigenvalue weighted by Crippen LogP contribution is 2.18. The summed E-state index contributed by atoms with van der Waals surface area (Å²) in [7, 11) is 0. The third kappa shape index (κ3) is 63.7. The molecule has 78 heavy (non-hydrogen) atoms. The maximum atomic E-state index is 12.9. The Morgan fingerprint density at radius 3 is 0.756 bits per heavy atom. The van der Waals surface area contributed by atoms with Gasteiger partial charge in [0.05, 0.1) is 0 Å². The van der Waals surface area contributed by atoms with Crippen molar-refractivity contribution >= 4 is 17.9 Å². The summed E-state index contributed by atoms with van der Waals surface area (Å²) < 4.78 is 16.9. The van der Waals surface area contributed by atoms with E-state index in [-0.39, 0.29) is 37.5 Å². The van der Waals surface area contributed by atoms with Crippen LogP contribution in [0.15, 0.2) is 72.9 Å². The van der Waals surface area contributed by atoms with Crippen LogP contribution in [0.2, 0.25) is 0 Å². The molecular weight excluding hydrogens is 961 g/mol. The molecule has 452 valence electrons. The maximum absolute atomic E-state index is 12.9. The Kier molecular flexibility index (Phi) is 63.7. The van der Waals surface area contributed by atoms with E-state index in [9.17, 15) is 14.4 Å². The van der Waals surface area contributed by atoms with Crippen LogP contribution in [0.3, 0.4) is 0 Å². The van der Waals surface area contributed by atoms with Gasteiger partial charge in [0.2, 0.25) is 0 Å². The molecule has 0 N–H and O–H groups in total. The molecule has 0 bridgehead atoms. The van der Waals surface area contributed by atoms with Crippen LogP contribution in [0.25, 0.3) is 0 Å². The van der Waals surface area contributed by atoms with Gasteiger partial charge >= 0.3 is 17.9 Å². The van der Waals surface area contributed by atoms with Gasteiger partial charge in [0.1, 0.15) is 13.2 Å². The molecule has 0 aliphatic rings. The van der Waals surface area contributed by atoms with Crippen LogP contribution in [0, 0.1) is 0 Å². The monoisotopic (exact) mass is 1090 g/mol. The fraction of sp³-hybridized carbons (Fsp3) is 0.792. The Morgan fingerprint density at radius 1 is 0.269 bits per heavy atom.